The molecule has 0 spiro atoms. The lowest BCUT2D eigenvalue weighted by Gasteiger charge is -2.09. The number of benzene rings is 1. The van der Waals surface area contributed by atoms with Gasteiger partial charge in [-0.3, -0.25) is 4.79 Å². The van der Waals surface area contributed by atoms with Gasteiger partial charge in [0.1, 0.15) is 0 Å². The van der Waals surface area contributed by atoms with Gasteiger partial charge in [-0.1, -0.05) is 12.1 Å². The summed E-state index contributed by atoms with van der Waals surface area (Å²) in [6, 6.07) is 7.30. The molecule has 0 bridgehead atoms. The lowest BCUT2D eigenvalue weighted by molar-refractivity contribution is -0.114. The molecule has 0 unspecified atom stereocenters. The van der Waals surface area contributed by atoms with E-state index >= 15 is 0 Å². The van der Waals surface area contributed by atoms with Crippen LogP contribution >= 0.6 is 0 Å². The Kier molecular flexibility index (Phi) is 2.76. The van der Waals surface area contributed by atoms with E-state index in [0.717, 1.165) is 11.3 Å². The van der Waals surface area contributed by atoms with Gasteiger partial charge in [0, 0.05) is 19.2 Å². The molecule has 1 heterocycles. The van der Waals surface area contributed by atoms with Crippen molar-refractivity contribution in [3.8, 4) is 0 Å². The van der Waals surface area contributed by atoms with Gasteiger partial charge in [0.25, 0.3) is 0 Å². The van der Waals surface area contributed by atoms with Crippen molar-refractivity contribution in [1.82, 2.24) is 10.6 Å². The van der Waals surface area contributed by atoms with Crippen molar-refractivity contribution in [2.75, 3.05) is 11.9 Å². The zero-order valence-corrected chi connectivity index (χ0v) is 8.91. The van der Waals surface area contributed by atoms with Crippen LogP contribution < -0.4 is 16.0 Å². The van der Waals surface area contributed by atoms with Crippen molar-refractivity contribution in [2.24, 2.45) is 0 Å². The van der Waals surface area contributed by atoms with Crippen LogP contribution in [0.15, 0.2) is 24.3 Å². The summed E-state index contributed by atoms with van der Waals surface area (Å²) in [6.45, 7) is 2.06. The number of rotatable bonds is 2. The van der Waals surface area contributed by atoms with E-state index < -0.39 is 0 Å². The summed E-state index contributed by atoms with van der Waals surface area (Å²) in [5.74, 6) is -0.0939. The Morgan fingerprint density at radius 3 is 2.56 bits per heavy atom. The van der Waals surface area contributed by atoms with Crippen molar-refractivity contribution >= 4 is 17.6 Å². The van der Waals surface area contributed by atoms with E-state index in [-0.39, 0.29) is 18.0 Å². The molecule has 84 valence electrons. The van der Waals surface area contributed by atoms with Gasteiger partial charge in [0.2, 0.25) is 5.91 Å². The highest BCUT2D eigenvalue weighted by atomic mass is 16.2. The van der Waals surface area contributed by atoms with Gasteiger partial charge in [-0.25, -0.2) is 4.79 Å². The SMILES string of the molecule is CC(=O)Nc1ccc([C@@H]2CNC(=O)N2)cc1. The molecule has 1 atom stereocenters. The second-order valence-corrected chi connectivity index (χ2v) is 3.71. The summed E-state index contributed by atoms with van der Waals surface area (Å²) < 4.78 is 0. The topological polar surface area (TPSA) is 70.2 Å². The molecule has 5 heteroatoms. The van der Waals surface area contributed by atoms with E-state index in [1.807, 2.05) is 24.3 Å². The maximum Gasteiger partial charge on any atom is 0.315 e. The minimum Gasteiger partial charge on any atom is -0.336 e. The zero-order valence-electron chi connectivity index (χ0n) is 8.91. The molecule has 16 heavy (non-hydrogen) atoms. The Balaban J connectivity index is 2.07. The van der Waals surface area contributed by atoms with Crippen molar-refractivity contribution in [1.29, 1.82) is 0 Å². The third-order valence-electron chi connectivity index (χ3n) is 2.41. The molecular weight excluding hydrogens is 206 g/mol. The number of urea groups is 1. The molecule has 1 aromatic carbocycles. The highest BCUT2D eigenvalue weighted by molar-refractivity contribution is 5.88. The summed E-state index contributed by atoms with van der Waals surface area (Å²) in [5.41, 5.74) is 1.78. The number of carbonyl (C=O) groups is 2. The van der Waals surface area contributed by atoms with Crippen LogP contribution in [0.2, 0.25) is 0 Å². The van der Waals surface area contributed by atoms with Crippen LogP contribution in [0.3, 0.4) is 0 Å². The van der Waals surface area contributed by atoms with Crippen molar-refractivity contribution in [2.45, 2.75) is 13.0 Å². The first-order chi connectivity index (χ1) is 7.65. The van der Waals surface area contributed by atoms with E-state index in [4.69, 9.17) is 0 Å². The van der Waals surface area contributed by atoms with Crippen LogP contribution in [0.25, 0.3) is 0 Å². The quantitative estimate of drug-likeness (QED) is 0.694. The normalized spacial score (nSPS) is 18.8. The molecule has 0 saturated carbocycles. The molecule has 1 aliphatic rings. The first kappa shape index (κ1) is 10.5. The Labute approximate surface area is 93.2 Å². The van der Waals surface area contributed by atoms with Crippen LogP contribution in [-0.2, 0) is 4.79 Å². The fourth-order valence-corrected chi connectivity index (χ4v) is 1.66. The number of anilines is 1. The van der Waals surface area contributed by atoms with Crippen LogP contribution in [0, 0.1) is 0 Å². The van der Waals surface area contributed by atoms with Crippen molar-refractivity contribution in [3.63, 3.8) is 0 Å². The smallest absolute Gasteiger partial charge is 0.315 e. The number of nitrogens with one attached hydrogen (secondary N) is 3. The number of carbonyl (C=O) groups excluding carboxylic acids is 2. The maximum absolute atomic E-state index is 11.0. The molecule has 0 aromatic heterocycles. The highest BCUT2D eigenvalue weighted by Gasteiger charge is 2.20. The van der Waals surface area contributed by atoms with Crippen molar-refractivity contribution in [3.05, 3.63) is 29.8 Å². The van der Waals surface area contributed by atoms with Gasteiger partial charge in [0.15, 0.2) is 0 Å². The molecular formula is C11H13N3O2. The maximum atomic E-state index is 11.0. The monoisotopic (exact) mass is 219 g/mol. The van der Waals surface area contributed by atoms with Gasteiger partial charge >= 0.3 is 6.03 Å². The summed E-state index contributed by atoms with van der Waals surface area (Å²) in [7, 11) is 0. The van der Waals surface area contributed by atoms with Gasteiger partial charge in [0.05, 0.1) is 6.04 Å². The van der Waals surface area contributed by atoms with Gasteiger partial charge in [-0.15, -0.1) is 0 Å². The third-order valence-corrected chi connectivity index (χ3v) is 2.41. The standard InChI is InChI=1S/C11H13N3O2/c1-7(15)13-9-4-2-8(3-5-9)10-6-12-11(16)14-10/h2-5,10H,6H2,1H3,(H,13,15)(H2,12,14,16)/t10-/m0/s1. The summed E-state index contributed by atoms with van der Waals surface area (Å²) in [4.78, 5) is 21.8. The fraction of sp³-hybridized carbons (Fsp3) is 0.273. The molecule has 5 nitrogen and oxygen atoms in total. The van der Waals surface area contributed by atoms with Crippen LogP contribution in [0.4, 0.5) is 10.5 Å². The number of amides is 3. The average molecular weight is 219 g/mol. The second-order valence-electron chi connectivity index (χ2n) is 3.71. The molecule has 2 rings (SSSR count). The van der Waals surface area contributed by atoms with Gasteiger partial charge < -0.3 is 16.0 Å². The zero-order chi connectivity index (χ0) is 11.5. The first-order valence-electron chi connectivity index (χ1n) is 5.07. The molecule has 1 aliphatic heterocycles. The first-order valence-corrected chi connectivity index (χ1v) is 5.07. The van der Waals surface area contributed by atoms with Crippen LogP contribution in [-0.4, -0.2) is 18.5 Å². The minimum absolute atomic E-state index is 0.0129. The Bertz CT molecular complexity index is 414. The average Bonchev–Trinajstić information content (AvgIpc) is 2.65. The lowest BCUT2D eigenvalue weighted by atomic mass is 10.1. The lowest BCUT2D eigenvalue weighted by Crippen LogP contribution is -2.21. The molecule has 1 saturated heterocycles. The number of hydrogen-bond acceptors (Lipinski definition) is 2. The minimum atomic E-state index is -0.143. The summed E-state index contributed by atoms with van der Waals surface area (Å²) in [5, 5.41) is 8.18. The molecule has 0 radical (unpaired) electrons. The van der Waals surface area contributed by atoms with Crippen molar-refractivity contribution < 1.29 is 9.59 Å². The van der Waals surface area contributed by atoms with Gasteiger partial charge in [-0.2, -0.15) is 0 Å². The molecule has 3 N–H and O–H groups in total. The molecule has 1 aromatic rings. The predicted molar refractivity (Wildman–Crippen MR) is 60.0 cm³/mol. The van der Waals surface area contributed by atoms with Gasteiger partial charge in [-0.05, 0) is 17.7 Å². The summed E-state index contributed by atoms with van der Waals surface area (Å²) >= 11 is 0. The fourth-order valence-electron chi connectivity index (χ4n) is 1.66. The van der Waals surface area contributed by atoms with E-state index in [0.29, 0.717) is 6.54 Å². The second kappa shape index (κ2) is 4.22. The van der Waals surface area contributed by atoms with E-state index in [2.05, 4.69) is 16.0 Å². The van der Waals surface area contributed by atoms with E-state index in [9.17, 15) is 9.59 Å². The highest BCUT2D eigenvalue weighted by Crippen LogP contribution is 2.17. The molecule has 0 aliphatic carbocycles. The van der Waals surface area contributed by atoms with Crippen LogP contribution in [0.5, 0.6) is 0 Å². The Morgan fingerprint density at radius 1 is 1.38 bits per heavy atom. The number of hydrogen-bond donors (Lipinski definition) is 3. The van der Waals surface area contributed by atoms with E-state index in [1.54, 1.807) is 0 Å². The summed E-state index contributed by atoms with van der Waals surface area (Å²) in [6.07, 6.45) is 0. The third kappa shape index (κ3) is 2.31. The Morgan fingerprint density at radius 2 is 2.06 bits per heavy atom. The predicted octanol–water partition coefficient (Wildman–Crippen LogP) is 0.999. The molecule has 1 fully saturated rings. The Hall–Kier alpha value is -2.04. The van der Waals surface area contributed by atoms with E-state index in [1.165, 1.54) is 6.92 Å². The molecule has 3 amide bonds. The largest absolute Gasteiger partial charge is 0.336 e. The van der Waals surface area contributed by atoms with Crippen LogP contribution in [0.1, 0.15) is 18.5 Å².